The Hall–Kier alpha value is -0.790. The zero-order valence-corrected chi connectivity index (χ0v) is 26.0. The van der Waals surface area contributed by atoms with Crippen molar-refractivity contribution in [2.24, 2.45) is 5.92 Å². The normalized spacial score (nSPS) is 14.2. The van der Waals surface area contributed by atoms with Crippen molar-refractivity contribution in [3.8, 4) is 11.1 Å². The molecule has 0 aromatic heterocycles. The molecule has 0 N–H and O–H groups in total. The summed E-state index contributed by atoms with van der Waals surface area (Å²) < 4.78 is 0. The first-order valence-electron chi connectivity index (χ1n) is 11.3. The molecule has 0 saturated carbocycles. The van der Waals surface area contributed by atoms with Gasteiger partial charge in [0.1, 0.15) is 0 Å². The monoisotopic (exact) mass is 572 g/mol. The van der Waals surface area contributed by atoms with Crippen molar-refractivity contribution in [1.82, 2.24) is 0 Å². The maximum Gasteiger partial charge on any atom is -1.00 e. The predicted octanol–water partition coefficient (Wildman–Crippen LogP) is 2.69. The van der Waals surface area contributed by atoms with Crippen LogP contribution >= 0.6 is 0 Å². The third-order valence-corrected chi connectivity index (χ3v) is 5.74. The molecule has 3 aromatic carbocycles. The number of hydrogen-bond donors (Lipinski definition) is 0. The van der Waals surface area contributed by atoms with Gasteiger partial charge in [0.15, 0.2) is 0 Å². The molecule has 33 heavy (non-hydrogen) atoms. The third kappa shape index (κ3) is 9.41. The Morgan fingerprint density at radius 1 is 0.939 bits per heavy atom. The Bertz CT molecular complexity index is 1090. The molecule has 176 valence electrons. The summed E-state index contributed by atoms with van der Waals surface area (Å²) in [7, 11) is 0. The van der Waals surface area contributed by atoms with Crippen molar-refractivity contribution in [3.63, 3.8) is 0 Å². The Labute approximate surface area is 229 Å². The number of halogens is 2. The van der Waals surface area contributed by atoms with Gasteiger partial charge in [-0.1, -0.05) is 81.5 Å². The Kier molecular flexibility index (Phi) is 15.6. The number of benzene rings is 2. The van der Waals surface area contributed by atoms with Gasteiger partial charge < -0.3 is 24.8 Å². The van der Waals surface area contributed by atoms with Gasteiger partial charge >= 0.3 is 41.9 Å². The second-order valence-corrected chi connectivity index (χ2v) is 17.9. The van der Waals surface area contributed by atoms with Crippen LogP contribution in [0, 0.1) is 12.0 Å². The van der Waals surface area contributed by atoms with Gasteiger partial charge in [-0.2, -0.15) is 11.1 Å². The zero-order valence-electron chi connectivity index (χ0n) is 21.0. The van der Waals surface area contributed by atoms with Crippen LogP contribution in [-0.4, -0.2) is 5.43 Å². The second kappa shape index (κ2) is 16.0. The fourth-order valence-corrected chi connectivity index (χ4v) is 3.82. The van der Waals surface area contributed by atoms with Crippen LogP contribution < -0.4 is 24.8 Å². The van der Waals surface area contributed by atoms with Crippen LogP contribution in [0.1, 0.15) is 46.6 Å². The van der Waals surface area contributed by atoms with Gasteiger partial charge in [0.2, 0.25) is 0 Å². The number of aryl methyl sites for hydroxylation is 1. The van der Waals surface area contributed by atoms with Crippen molar-refractivity contribution in [3.05, 3.63) is 89.0 Å². The van der Waals surface area contributed by atoms with E-state index in [1.807, 2.05) is 0 Å². The van der Waals surface area contributed by atoms with Crippen LogP contribution in [0.4, 0.5) is 0 Å². The maximum atomic E-state index is 3.36. The van der Waals surface area contributed by atoms with E-state index in [1.165, 1.54) is 50.6 Å². The van der Waals surface area contributed by atoms with E-state index in [-0.39, 0.29) is 30.2 Å². The molecule has 0 radical (unpaired) electrons. The minimum atomic E-state index is 0. The molecule has 0 spiro atoms. The molecule has 0 saturated heterocycles. The molecule has 4 heteroatoms. The average Bonchev–Trinajstić information content (AvgIpc) is 3.26. The number of hydrogen-bond acceptors (Lipinski definition) is 0. The number of rotatable bonds is 3. The number of allylic oxidation sites excluding steroid dienone is 4. The topological polar surface area (TPSA) is 0 Å². The van der Waals surface area contributed by atoms with Crippen LogP contribution in [0.5, 0.6) is 0 Å². The molecular weight excluding hydrogens is 539 g/mol. The minimum absolute atomic E-state index is 0. The van der Waals surface area contributed by atoms with Crippen LogP contribution in [0.25, 0.3) is 21.9 Å². The summed E-state index contributed by atoms with van der Waals surface area (Å²) in [6.07, 6.45) is 5.70. The maximum absolute atomic E-state index is 3.36. The molecule has 1 atom stereocenters. The fraction of sp³-hybridized carbons (Fsp3) is 0.345. The Balaban J connectivity index is 0.000000580. The molecule has 1 aliphatic carbocycles. The van der Waals surface area contributed by atoms with Crippen LogP contribution in [0.2, 0.25) is 13.1 Å². The molecule has 4 rings (SSSR count). The molecule has 1 aliphatic rings. The SMILES string of the molecule is CC1=[C-]C(C)C(C)=C1C.CCCc1ccccc1-c1c[cH-]c2ccccc12.C[Si](C)=[Zr+2].[Cl-].[Cl-]. The van der Waals surface area contributed by atoms with Crippen molar-refractivity contribution in [2.45, 2.75) is 60.6 Å². The molecule has 0 heterocycles. The summed E-state index contributed by atoms with van der Waals surface area (Å²) in [5.41, 5.74) is 8.67. The third-order valence-electron chi connectivity index (χ3n) is 5.74. The van der Waals surface area contributed by atoms with Gasteiger partial charge in [0.25, 0.3) is 0 Å². The summed E-state index contributed by atoms with van der Waals surface area (Å²) in [5, 5.41) is 2.69. The molecule has 0 fully saturated rings. The average molecular weight is 575 g/mol. The summed E-state index contributed by atoms with van der Waals surface area (Å²) in [5.74, 6) is 0.560. The second-order valence-electron chi connectivity index (χ2n) is 8.54. The first-order valence-corrected chi connectivity index (χ1v) is 17.5. The van der Waals surface area contributed by atoms with Crippen molar-refractivity contribution < 1.29 is 48.1 Å². The van der Waals surface area contributed by atoms with Crippen molar-refractivity contribution in [2.75, 3.05) is 0 Å². The molecule has 0 amide bonds. The summed E-state index contributed by atoms with van der Waals surface area (Å²) in [6, 6.07) is 21.9. The molecule has 0 nitrogen and oxygen atoms in total. The van der Waals surface area contributed by atoms with E-state index in [0.717, 1.165) is 6.42 Å². The van der Waals surface area contributed by atoms with Gasteiger partial charge in [-0.05, 0) is 6.42 Å². The van der Waals surface area contributed by atoms with Crippen LogP contribution in [0.3, 0.4) is 0 Å². The van der Waals surface area contributed by atoms with E-state index >= 15 is 0 Å². The Morgan fingerprint density at radius 3 is 2.03 bits per heavy atom. The largest absolute Gasteiger partial charge is 1.00 e. The first-order chi connectivity index (χ1) is 14.8. The standard InChI is InChI=1S/C18H17.C9H13.C2H6Si.2ClH.Zr/c1-2-7-14-8-3-5-10-16(14)18-13-12-15-9-4-6-11-17(15)18;1-6-5-7(2)9(4)8(6)3;1-3-2;;;/h3-6,8-13H,2,7H2,1H3;6H,1-4H3;1-2H3;2*1H;/q2*-1;;;;+2/p-2. The minimum Gasteiger partial charge on any atom is -1.00 e. The van der Waals surface area contributed by atoms with E-state index in [4.69, 9.17) is 0 Å². The first kappa shape index (κ1) is 32.2. The number of fused-ring (bicyclic) bond motifs is 1. The fourth-order valence-electron chi connectivity index (χ4n) is 3.82. The van der Waals surface area contributed by atoms with E-state index < -0.39 is 0 Å². The van der Waals surface area contributed by atoms with E-state index in [0.29, 0.717) is 5.92 Å². The zero-order chi connectivity index (χ0) is 23.0. The van der Waals surface area contributed by atoms with E-state index in [9.17, 15) is 0 Å². The summed E-state index contributed by atoms with van der Waals surface area (Å²) >= 11 is 1.74. The predicted molar refractivity (Wildman–Crippen MR) is 136 cm³/mol. The van der Waals surface area contributed by atoms with Gasteiger partial charge in [-0.3, -0.25) is 6.08 Å². The molecular formula is C29H36Cl2SiZr-2. The van der Waals surface area contributed by atoms with Gasteiger partial charge in [-0.15, -0.1) is 53.6 Å². The van der Waals surface area contributed by atoms with E-state index in [1.54, 1.807) is 23.3 Å². The smallest absolute Gasteiger partial charge is 1.00 e. The van der Waals surface area contributed by atoms with Gasteiger partial charge in [-0.25, -0.2) is 5.57 Å². The molecule has 1 unspecified atom stereocenters. The van der Waals surface area contributed by atoms with Crippen molar-refractivity contribution in [1.29, 1.82) is 0 Å². The summed E-state index contributed by atoms with van der Waals surface area (Å²) in [4.78, 5) is 0. The molecule has 0 aliphatic heterocycles. The summed E-state index contributed by atoms with van der Waals surface area (Å²) in [6.45, 7) is 15.5. The van der Waals surface area contributed by atoms with Gasteiger partial charge in [0.05, 0.1) is 0 Å². The molecule has 3 aromatic rings. The van der Waals surface area contributed by atoms with Crippen LogP contribution in [-0.2, 0) is 29.8 Å². The van der Waals surface area contributed by atoms with Gasteiger partial charge in [0, 0.05) is 0 Å². The van der Waals surface area contributed by atoms with Crippen LogP contribution in [0.15, 0.2) is 77.4 Å². The van der Waals surface area contributed by atoms with Crippen molar-refractivity contribution >= 4 is 16.2 Å². The Morgan fingerprint density at radius 2 is 1.52 bits per heavy atom. The van der Waals surface area contributed by atoms with E-state index in [2.05, 4.69) is 114 Å². The molecule has 0 bridgehead atoms. The quantitative estimate of drug-likeness (QED) is 0.334.